The molecule has 1 saturated heterocycles. The molecule has 0 aromatic heterocycles. The largest absolute Gasteiger partial charge is 0.497 e. The zero-order valence-electron chi connectivity index (χ0n) is 24.8. The minimum absolute atomic E-state index is 0.0434. The van der Waals surface area contributed by atoms with E-state index in [1.165, 1.54) is 0 Å². The Bertz CT molecular complexity index is 1540. The maximum atomic E-state index is 13.4. The number of ether oxygens (including phenoxy) is 3. The van der Waals surface area contributed by atoms with Crippen LogP contribution in [0.3, 0.4) is 0 Å². The third kappa shape index (κ3) is 7.53. The molecule has 1 aliphatic heterocycles. The number of carbonyl (C=O) groups excluding carboxylic acids is 2. The van der Waals surface area contributed by atoms with E-state index >= 15 is 0 Å². The molecule has 0 radical (unpaired) electrons. The van der Waals surface area contributed by atoms with Crippen molar-refractivity contribution in [3.05, 3.63) is 108 Å². The van der Waals surface area contributed by atoms with Gasteiger partial charge in [0.1, 0.15) is 17.2 Å². The van der Waals surface area contributed by atoms with Crippen molar-refractivity contribution in [2.75, 3.05) is 52.8 Å². The Kier molecular flexibility index (Phi) is 9.59. The monoisotopic (exact) mass is 579 g/mol. The average molecular weight is 580 g/mol. The van der Waals surface area contributed by atoms with Gasteiger partial charge in [0.25, 0.3) is 5.91 Å². The van der Waals surface area contributed by atoms with E-state index in [9.17, 15) is 9.59 Å². The second kappa shape index (κ2) is 13.9. The van der Waals surface area contributed by atoms with Crippen LogP contribution in [-0.2, 0) is 17.8 Å². The van der Waals surface area contributed by atoms with Crippen molar-refractivity contribution in [2.45, 2.75) is 13.0 Å². The molecule has 0 spiro atoms. The minimum Gasteiger partial charge on any atom is -0.497 e. The van der Waals surface area contributed by atoms with Gasteiger partial charge in [-0.3, -0.25) is 14.5 Å². The van der Waals surface area contributed by atoms with Crippen LogP contribution in [0.15, 0.2) is 91.0 Å². The molecule has 8 heteroatoms. The first kappa shape index (κ1) is 29.7. The number of methoxy groups -OCH3 is 3. The van der Waals surface area contributed by atoms with Gasteiger partial charge in [0.05, 0.1) is 27.8 Å². The van der Waals surface area contributed by atoms with E-state index in [0.29, 0.717) is 35.8 Å². The van der Waals surface area contributed by atoms with Gasteiger partial charge in [0, 0.05) is 55.6 Å². The molecule has 4 aromatic rings. The summed E-state index contributed by atoms with van der Waals surface area (Å²) < 4.78 is 16.3. The minimum atomic E-state index is -0.194. The SMILES string of the molecule is COc1cc(CC(=O)Nc2cccc(C(=O)N3CCN(Cc4ccc(-c5ccccc5)cc4OC)CC3)c2)cc(OC)c1. The molecule has 1 fully saturated rings. The summed E-state index contributed by atoms with van der Waals surface area (Å²) in [6, 6.07) is 29.1. The molecule has 0 saturated carbocycles. The van der Waals surface area contributed by atoms with E-state index in [1.807, 2.05) is 23.1 Å². The molecule has 0 aliphatic carbocycles. The number of hydrogen-bond acceptors (Lipinski definition) is 6. The average Bonchev–Trinajstić information content (AvgIpc) is 3.05. The standard InChI is InChI=1S/C35H37N3O5/c1-41-31-18-25(19-32(23-31)42-2)20-34(39)36-30-11-7-10-28(21-30)35(40)38-16-14-37(15-17-38)24-29-13-12-27(22-33(29)43-3)26-8-5-4-6-9-26/h4-13,18-19,21-23H,14-17,20,24H2,1-3H3,(H,36,39). The van der Waals surface area contributed by atoms with E-state index in [0.717, 1.165) is 47.6 Å². The lowest BCUT2D eigenvalue weighted by Crippen LogP contribution is -2.48. The number of amides is 2. The Morgan fingerprint density at radius 3 is 2.12 bits per heavy atom. The highest BCUT2D eigenvalue weighted by Crippen LogP contribution is 2.29. The van der Waals surface area contributed by atoms with Gasteiger partial charge in [-0.1, -0.05) is 48.5 Å². The highest BCUT2D eigenvalue weighted by molar-refractivity contribution is 5.97. The summed E-state index contributed by atoms with van der Waals surface area (Å²) in [5, 5.41) is 2.91. The third-order valence-electron chi connectivity index (χ3n) is 7.62. The summed E-state index contributed by atoms with van der Waals surface area (Å²) in [7, 11) is 4.85. The summed E-state index contributed by atoms with van der Waals surface area (Å²) in [5.74, 6) is 1.87. The molecule has 5 rings (SSSR count). The van der Waals surface area contributed by atoms with Gasteiger partial charge in [-0.25, -0.2) is 0 Å². The van der Waals surface area contributed by atoms with Gasteiger partial charge in [-0.15, -0.1) is 0 Å². The Balaban J connectivity index is 1.16. The van der Waals surface area contributed by atoms with Gasteiger partial charge >= 0.3 is 0 Å². The molecule has 43 heavy (non-hydrogen) atoms. The Morgan fingerprint density at radius 2 is 1.44 bits per heavy atom. The van der Waals surface area contributed by atoms with Gasteiger partial charge < -0.3 is 24.4 Å². The van der Waals surface area contributed by atoms with Crippen molar-refractivity contribution in [3.63, 3.8) is 0 Å². The first-order chi connectivity index (χ1) is 20.9. The fraction of sp³-hybridized carbons (Fsp3) is 0.257. The lowest BCUT2D eigenvalue weighted by molar-refractivity contribution is -0.115. The number of piperazine rings is 1. The van der Waals surface area contributed by atoms with Crippen LogP contribution in [0.2, 0.25) is 0 Å². The zero-order chi connectivity index (χ0) is 30.2. The van der Waals surface area contributed by atoms with Gasteiger partial charge in [0.2, 0.25) is 5.91 Å². The summed E-state index contributed by atoms with van der Waals surface area (Å²) >= 11 is 0. The lowest BCUT2D eigenvalue weighted by Gasteiger charge is -2.35. The predicted octanol–water partition coefficient (Wildman–Crippen LogP) is 5.52. The van der Waals surface area contributed by atoms with Crippen LogP contribution in [0.25, 0.3) is 11.1 Å². The molecule has 8 nitrogen and oxygen atoms in total. The molecule has 0 bridgehead atoms. The van der Waals surface area contributed by atoms with Gasteiger partial charge in [-0.2, -0.15) is 0 Å². The number of hydrogen-bond donors (Lipinski definition) is 1. The highest BCUT2D eigenvalue weighted by atomic mass is 16.5. The second-order valence-corrected chi connectivity index (χ2v) is 10.5. The Hall–Kier alpha value is -4.82. The highest BCUT2D eigenvalue weighted by Gasteiger charge is 2.23. The normalized spacial score (nSPS) is 13.3. The van der Waals surface area contributed by atoms with Crippen molar-refractivity contribution in [1.29, 1.82) is 0 Å². The smallest absolute Gasteiger partial charge is 0.254 e. The van der Waals surface area contributed by atoms with E-state index < -0.39 is 0 Å². The second-order valence-electron chi connectivity index (χ2n) is 10.5. The summed E-state index contributed by atoms with van der Waals surface area (Å²) in [5.41, 5.74) is 5.29. The number of nitrogens with zero attached hydrogens (tertiary/aromatic N) is 2. The Morgan fingerprint density at radius 1 is 0.721 bits per heavy atom. The zero-order valence-corrected chi connectivity index (χ0v) is 24.8. The first-order valence-corrected chi connectivity index (χ1v) is 14.3. The molecule has 1 aliphatic rings. The molecule has 4 aromatic carbocycles. The molecule has 222 valence electrons. The summed E-state index contributed by atoms with van der Waals surface area (Å²) in [4.78, 5) is 30.4. The number of rotatable bonds is 10. The fourth-order valence-electron chi connectivity index (χ4n) is 5.31. The van der Waals surface area contributed by atoms with Crippen LogP contribution in [0, 0.1) is 0 Å². The van der Waals surface area contributed by atoms with Gasteiger partial charge in [-0.05, 0) is 53.1 Å². The van der Waals surface area contributed by atoms with Crippen LogP contribution in [-0.4, -0.2) is 69.1 Å². The number of anilines is 1. The molecular weight excluding hydrogens is 542 g/mol. The van der Waals surface area contributed by atoms with Crippen LogP contribution in [0.5, 0.6) is 17.2 Å². The van der Waals surface area contributed by atoms with Crippen molar-refractivity contribution < 1.29 is 23.8 Å². The maximum absolute atomic E-state index is 13.4. The summed E-state index contributed by atoms with van der Waals surface area (Å²) in [6.45, 7) is 3.52. The molecule has 2 amide bonds. The Labute approximate surface area is 252 Å². The quantitative estimate of drug-likeness (QED) is 0.267. The van der Waals surface area contributed by atoms with Crippen molar-refractivity contribution >= 4 is 17.5 Å². The van der Waals surface area contributed by atoms with Crippen LogP contribution in [0.1, 0.15) is 21.5 Å². The molecular formula is C35H37N3O5. The van der Waals surface area contributed by atoms with E-state index in [2.05, 4.69) is 40.5 Å². The van der Waals surface area contributed by atoms with Gasteiger partial charge in [0.15, 0.2) is 0 Å². The number of nitrogens with one attached hydrogen (secondary N) is 1. The van der Waals surface area contributed by atoms with Crippen molar-refractivity contribution in [2.24, 2.45) is 0 Å². The predicted molar refractivity (Wildman–Crippen MR) is 168 cm³/mol. The maximum Gasteiger partial charge on any atom is 0.254 e. The molecule has 0 unspecified atom stereocenters. The number of benzene rings is 4. The first-order valence-electron chi connectivity index (χ1n) is 14.3. The van der Waals surface area contributed by atoms with Crippen LogP contribution in [0.4, 0.5) is 5.69 Å². The topological polar surface area (TPSA) is 80.3 Å². The van der Waals surface area contributed by atoms with Crippen LogP contribution < -0.4 is 19.5 Å². The number of carbonyl (C=O) groups is 2. The van der Waals surface area contributed by atoms with E-state index in [1.54, 1.807) is 63.8 Å². The molecule has 1 N–H and O–H groups in total. The third-order valence-corrected chi connectivity index (χ3v) is 7.62. The van der Waals surface area contributed by atoms with Crippen LogP contribution >= 0.6 is 0 Å². The summed E-state index contributed by atoms with van der Waals surface area (Å²) in [6.07, 6.45) is 0.146. The lowest BCUT2D eigenvalue weighted by atomic mass is 10.0. The molecule has 1 heterocycles. The van der Waals surface area contributed by atoms with E-state index in [-0.39, 0.29) is 18.2 Å². The van der Waals surface area contributed by atoms with Crippen molar-refractivity contribution in [3.8, 4) is 28.4 Å². The fourth-order valence-corrected chi connectivity index (χ4v) is 5.31. The van der Waals surface area contributed by atoms with E-state index in [4.69, 9.17) is 14.2 Å². The molecule has 0 atom stereocenters. The van der Waals surface area contributed by atoms with Crippen molar-refractivity contribution in [1.82, 2.24) is 9.80 Å².